The van der Waals surface area contributed by atoms with Gasteiger partial charge in [0, 0.05) is 0 Å². The van der Waals surface area contributed by atoms with E-state index in [1.54, 1.807) is 0 Å². The Balaban J connectivity index is 1.73. The lowest BCUT2D eigenvalue weighted by atomic mass is 9.74. The average molecular weight is 322 g/mol. The maximum Gasteiger partial charge on any atom is 0.312 e. The predicted octanol–water partition coefficient (Wildman–Crippen LogP) is 4.97. The lowest BCUT2D eigenvalue weighted by Gasteiger charge is -2.30. The van der Waals surface area contributed by atoms with Crippen molar-refractivity contribution < 1.29 is 9.53 Å². The molecule has 0 saturated carbocycles. The molecule has 2 nitrogen and oxygen atoms in total. The lowest BCUT2D eigenvalue weighted by Crippen LogP contribution is -2.33. The van der Waals surface area contributed by atoms with Crippen LogP contribution in [0.25, 0.3) is 0 Å². The average Bonchev–Trinajstić information content (AvgIpc) is 2.82. The van der Waals surface area contributed by atoms with Crippen LogP contribution in [0.4, 0.5) is 0 Å². The first-order chi connectivity index (χ1) is 11.8. The molecule has 0 aromatic heterocycles. The molecule has 0 unspecified atom stereocenters. The van der Waals surface area contributed by atoms with Crippen LogP contribution < -0.4 is 0 Å². The highest BCUT2D eigenvalue weighted by Crippen LogP contribution is 2.38. The van der Waals surface area contributed by atoms with Crippen molar-refractivity contribution in [3.8, 4) is 0 Å². The summed E-state index contributed by atoms with van der Waals surface area (Å²) in [4.78, 5) is 12.8. The van der Waals surface area contributed by atoms with Gasteiger partial charge in [-0.3, -0.25) is 4.79 Å². The van der Waals surface area contributed by atoms with Gasteiger partial charge in [0.15, 0.2) is 0 Å². The van der Waals surface area contributed by atoms with E-state index in [1.165, 1.54) is 11.1 Å². The molecule has 0 bridgehead atoms. The highest BCUT2D eigenvalue weighted by Gasteiger charge is 2.39. The zero-order valence-corrected chi connectivity index (χ0v) is 14.2. The van der Waals surface area contributed by atoms with Gasteiger partial charge in [-0.2, -0.15) is 0 Å². The fourth-order valence-corrected chi connectivity index (χ4v) is 3.62. The molecule has 0 atom stereocenters. The van der Waals surface area contributed by atoms with Crippen LogP contribution in [0.1, 0.15) is 43.2 Å². The van der Waals surface area contributed by atoms with Gasteiger partial charge in [-0.1, -0.05) is 60.7 Å². The van der Waals surface area contributed by atoms with E-state index in [4.69, 9.17) is 4.74 Å². The number of carbonyl (C=O) groups excluding carboxylic acids is 1. The largest absolute Gasteiger partial charge is 0.465 e. The summed E-state index contributed by atoms with van der Waals surface area (Å²) in [6.45, 7) is 0.581. The molecule has 1 aliphatic heterocycles. The van der Waals surface area contributed by atoms with Crippen molar-refractivity contribution in [2.75, 3.05) is 6.61 Å². The summed E-state index contributed by atoms with van der Waals surface area (Å²) < 4.78 is 5.56. The lowest BCUT2D eigenvalue weighted by molar-refractivity contribution is -0.155. The molecule has 1 heterocycles. The van der Waals surface area contributed by atoms with Crippen LogP contribution in [0, 0.1) is 5.41 Å². The third-order valence-electron chi connectivity index (χ3n) is 5.19. The van der Waals surface area contributed by atoms with Gasteiger partial charge < -0.3 is 4.74 Å². The van der Waals surface area contributed by atoms with Gasteiger partial charge >= 0.3 is 5.97 Å². The monoisotopic (exact) mass is 322 g/mol. The van der Waals surface area contributed by atoms with Gasteiger partial charge in [-0.15, -0.1) is 0 Å². The van der Waals surface area contributed by atoms with Crippen molar-refractivity contribution in [1.29, 1.82) is 0 Å². The van der Waals surface area contributed by atoms with E-state index in [0.717, 1.165) is 44.9 Å². The first-order valence-corrected chi connectivity index (χ1v) is 9.04. The van der Waals surface area contributed by atoms with Crippen LogP contribution in [0.2, 0.25) is 0 Å². The first kappa shape index (κ1) is 16.8. The van der Waals surface area contributed by atoms with E-state index < -0.39 is 0 Å². The van der Waals surface area contributed by atoms with E-state index in [9.17, 15) is 4.79 Å². The Morgan fingerprint density at radius 3 is 1.88 bits per heavy atom. The molecule has 2 aromatic carbocycles. The van der Waals surface area contributed by atoms with Crippen LogP contribution in [-0.2, 0) is 22.4 Å². The number of ether oxygens (including phenoxy) is 1. The molecule has 2 heteroatoms. The van der Waals surface area contributed by atoms with E-state index >= 15 is 0 Å². The van der Waals surface area contributed by atoms with Crippen molar-refractivity contribution in [2.45, 2.75) is 44.9 Å². The van der Waals surface area contributed by atoms with Crippen LogP contribution in [0.3, 0.4) is 0 Å². The minimum absolute atomic E-state index is 0.0202. The van der Waals surface area contributed by atoms with Crippen molar-refractivity contribution in [3.63, 3.8) is 0 Å². The molecule has 0 amide bonds. The SMILES string of the molecule is O=C1OCCCCC1(CCc1ccccc1)CCc1ccccc1. The standard InChI is InChI=1S/C22H26O2/c23-21-22(15-7-8-18-24-21,16-13-19-9-3-1-4-10-19)17-14-20-11-5-2-6-12-20/h1-6,9-12H,7-8,13-18H2. The van der Waals surface area contributed by atoms with Gasteiger partial charge in [0.1, 0.15) is 0 Å². The Morgan fingerprint density at radius 1 is 0.792 bits per heavy atom. The maximum absolute atomic E-state index is 12.8. The van der Waals surface area contributed by atoms with Gasteiger partial charge in [0.05, 0.1) is 12.0 Å². The zero-order valence-electron chi connectivity index (χ0n) is 14.2. The number of carbonyl (C=O) groups is 1. The molecule has 0 radical (unpaired) electrons. The van der Waals surface area contributed by atoms with Gasteiger partial charge in [-0.25, -0.2) is 0 Å². The molecule has 0 spiro atoms. The molecular formula is C22H26O2. The molecule has 3 rings (SSSR count). The third-order valence-corrected chi connectivity index (χ3v) is 5.19. The quantitative estimate of drug-likeness (QED) is 0.702. The van der Waals surface area contributed by atoms with Crippen molar-refractivity contribution >= 4 is 5.97 Å². The van der Waals surface area contributed by atoms with Crippen LogP contribution in [0.5, 0.6) is 0 Å². The number of benzene rings is 2. The molecule has 1 aliphatic rings. The van der Waals surface area contributed by atoms with Crippen molar-refractivity contribution in [2.24, 2.45) is 5.41 Å². The first-order valence-electron chi connectivity index (χ1n) is 9.04. The summed E-state index contributed by atoms with van der Waals surface area (Å²) >= 11 is 0. The fourth-order valence-electron chi connectivity index (χ4n) is 3.62. The molecule has 2 aromatic rings. The van der Waals surface area contributed by atoms with E-state index in [0.29, 0.717) is 6.61 Å². The summed E-state index contributed by atoms with van der Waals surface area (Å²) in [7, 11) is 0. The normalized spacial score (nSPS) is 17.1. The summed E-state index contributed by atoms with van der Waals surface area (Å²) in [5.74, 6) is 0.0202. The zero-order chi connectivity index (χ0) is 16.7. The molecule has 0 N–H and O–H groups in total. The number of aryl methyl sites for hydroxylation is 2. The molecule has 24 heavy (non-hydrogen) atoms. The summed E-state index contributed by atoms with van der Waals surface area (Å²) in [5.41, 5.74) is 2.27. The van der Waals surface area contributed by atoms with Crippen molar-refractivity contribution in [3.05, 3.63) is 71.8 Å². The van der Waals surface area contributed by atoms with Gasteiger partial charge in [0.25, 0.3) is 0 Å². The second-order valence-electron chi connectivity index (χ2n) is 6.84. The Hall–Kier alpha value is -2.09. The molecule has 126 valence electrons. The van der Waals surface area contributed by atoms with E-state index in [1.807, 2.05) is 12.1 Å². The predicted molar refractivity (Wildman–Crippen MR) is 96.8 cm³/mol. The topological polar surface area (TPSA) is 26.3 Å². The van der Waals surface area contributed by atoms with Crippen LogP contribution in [0.15, 0.2) is 60.7 Å². The molecule has 0 aliphatic carbocycles. The molecule has 1 fully saturated rings. The number of esters is 1. The number of hydrogen-bond donors (Lipinski definition) is 0. The van der Waals surface area contributed by atoms with Gasteiger partial charge in [-0.05, 0) is 56.1 Å². The summed E-state index contributed by atoms with van der Waals surface area (Å²) in [6.07, 6.45) is 6.64. The highest BCUT2D eigenvalue weighted by atomic mass is 16.5. The highest BCUT2D eigenvalue weighted by molar-refractivity contribution is 5.77. The maximum atomic E-state index is 12.8. The fraction of sp³-hybridized carbons (Fsp3) is 0.409. The van der Waals surface area contributed by atoms with Gasteiger partial charge in [0.2, 0.25) is 0 Å². The summed E-state index contributed by atoms with van der Waals surface area (Å²) in [5, 5.41) is 0. The minimum atomic E-state index is -0.331. The second-order valence-corrected chi connectivity index (χ2v) is 6.84. The van der Waals surface area contributed by atoms with E-state index in [-0.39, 0.29) is 11.4 Å². The molecule has 1 saturated heterocycles. The number of cyclic esters (lactones) is 1. The molecular weight excluding hydrogens is 296 g/mol. The Kier molecular flexibility index (Phi) is 5.68. The van der Waals surface area contributed by atoms with E-state index in [2.05, 4.69) is 48.5 Å². The number of hydrogen-bond acceptors (Lipinski definition) is 2. The van der Waals surface area contributed by atoms with Crippen LogP contribution in [-0.4, -0.2) is 12.6 Å². The van der Waals surface area contributed by atoms with Crippen molar-refractivity contribution in [1.82, 2.24) is 0 Å². The summed E-state index contributed by atoms with van der Waals surface area (Å²) in [6, 6.07) is 20.9. The smallest absolute Gasteiger partial charge is 0.312 e. The Labute approximate surface area is 144 Å². The second kappa shape index (κ2) is 8.14. The third kappa shape index (κ3) is 4.25. The number of rotatable bonds is 6. The Bertz CT molecular complexity index is 590. The minimum Gasteiger partial charge on any atom is -0.465 e. The Morgan fingerprint density at radius 2 is 1.33 bits per heavy atom. The van der Waals surface area contributed by atoms with Crippen LogP contribution >= 0.6 is 0 Å².